The van der Waals surface area contributed by atoms with Crippen molar-refractivity contribution in [2.75, 3.05) is 12.5 Å². The van der Waals surface area contributed by atoms with E-state index in [4.69, 9.17) is 20.3 Å². The molecule has 0 bridgehead atoms. The van der Waals surface area contributed by atoms with Crippen molar-refractivity contribution < 1.29 is 19.4 Å². The van der Waals surface area contributed by atoms with Crippen molar-refractivity contribution in [1.29, 1.82) is 0 Å². The summed E-state index contributed by atoms with van der Waals surface area (Å²) in [6.45, 7) is 0.204. The lowest BCUT2D eigenvalue weighted by molar-refractivity contribution is 0.0697. The average Bonchev–Trinajstić information content (AvgIpc) is 3.10. The predicted molar refractivity (Wildman–Crippen MR) is 80.8 cm³/mol. The zero-order valence-electron chi connectivity index (χ0n) is 11.4. The first-order chi connectivity index (χ1) is 10.6. The van der Waals surface area contributed by atoms with Crippen LogP contribution in [0, 0.1) is 0 Å². The monoisotopic (exact) mass is 296 g/mol. The Morgan fingerprint density at radius 1 is 1.14 bits per heavy atom. The summed E-state index contributed by atoms with van der Waals surface area (Å²) in [4.78, 5) is 10.9. The van der Waals surface area contributed by atoms with E-state index >= 15 is 0 Å². The second-order valence-corrected chi connectivity index (χ2v) is 5.03. The van der Waals surface area contributed by atoms with Gasteiger partial charge in [-0.3, -0.25) is 0 Å². The number of fused-ring (bicyclic) bond motifs is 2. The number of hydrogen-bond donors (Lipinski definition) is 2. The van der Waals surface area contributed by atoms with Crippen LogP contribution in [0.1, 0.15) is 10.4 Å². The lowest BCUT2D eigenvalue weighted by atomic mass is 10.2. The number of hydrogen-bond acceptors (Lipinski definition) is 4. The molecule has 2 heterocycles. The molecule has 110 valence electrons. The summed E-state index contributed by atoms with van der Waals surface area (Å²) in [6, 6.07) is 10.3. The average molecular weight is 296 g/mol. The van der Waals surface area contributed by atoms with E-state index in [1.807, 2.05) is 16.7 Å². The maximum atomic E-state index is 10.9. The number of carbonyl (C=O) groups is 1. The minimum atomic E-state index is -0.952. The number of nitrogens with two attached hydrogens (primary N) is 1. The van der Waals surface area contributed by atoms with Crippen LogP contribution in [-0.4, -0.2) is 22.4 Å². The van der Waals surface area contributed by atoms with E-state index in [1.165, 1.54) is 0 Å². The van der Waals surface area contributed by atoms with E-state index in [1.54, 1.807) is 30.5 Å². The third-order valence-corrected chi connectivity index (χ3v) is 3.72. The smallest absolute Gasteiger partial charge is 0.335 e. The molecule has 0 radical (unpaired) electrons. The molecule has 3 aromatic rings. The van der Waals surface area contributed by atoms with Gasteiger partial charge in [-0.2, -0.15) is 0 Å². The van der Waals surface area contributed by atoms with Crippen LogP contribution in [0.2, 0.25) is 0 Å². The first kappa shape index (κ1) is 12.6. The number of benzene rings is 2. The predicted octanol–water partition coefficient (Wildman–Crippen LogP) is 2.64. The van der Waals surface area contributed by atoms with Crippen molar-refractivity contribution in [2.45, 2.75) is 0 Å². The number of carboxylic acid groups (broad SMARTS) is 1. The molecule has 22 heavy (non-hydrogen) atoms. The molecule has 0 saturated carbocycles. The third-order valence-electron chi connectivity index (χ3n) is 3.72. The van der Waals surface area contributed by atoms with E-state index in [-0.39, 0.29) is 12.4 Å². The number of carboxylic acids is 1. The molecule has 0 unspecified atom stereocenters. The molecule has 4 rings (SSSR count). The summed E-state index contributed by atoms with van der Waals surface area (Å²) >= 11 is 0. The Labute approximate surface area is 125 Å². The van der Waals surface area contributed by atoms with Gasteiger partial charge in [-0.05, 0) is 30.3 Å². The Balaban J connectivity index is 1.89. The summed E-state index contributed by atoms with van der Waals surface area (Å²) in [6.07, 6.45) is 1.80. The van der Waals surface area contributed by atoms with Gasteiger partial charge in [0.25, 0.3) is 0 Å². The Bertz CT molecular complexity index is 897. The van der Waals surface area contributed by atoms with Crippen LogP contribution >= 0.6 is 0 Å². The fourth-order valence-electron chi connectivity index (χ4n) is 2.62. The van der Waals surface area contributed by atoms with Crippen molar-refractivity contribution in [2.24, 2.45) is 0 Å². The van der Waals surface area contributed by atoms with Gasteiger partial charge in [-0.15, -0.1) is 0 Å². The highest BCUT2D eigenvalue weighted by Crippen LogP contribution is 2.39. The highest BCUT2D eigenvalue weighted by molar-refractivity contribution is 5.95. The van der Waals surface area contributed by atoms with Gasteiger partial charge in [0.2, 0.25) is 6.79 Å². The first-order valence-electron chi connectivity index (χ1n) is 6.67. The number of anilines is 1. The van der Waals surface area contributed by atoms with E-state index in [2.05, 4.69) is 0 Å². The largest absolute Gasteiger partial charge is 0.478 e. The fourth-order valence-corrected chi connectivity index (χ4v) is 2.62. The lowest BCUT2D eigenvalue weighted by Gasteiger charge is -2.06. The van der Waals surface area contributed by atoms with Crippen molar-refractivity contribution in [3.05, 3.63) is 48.2 Å². The van der Waals surface area contributed by atoms with Crippen LogP contribution in [0.3, 0.4) is 0 Å². The minimum absolute atomic E-state index is 0.204. The standard InChI is InChI=1S/C16H12N2O4/c17-12-7-18(10-3-1-9(2-4-10)16(19)20)13-6-15-14(5-11(12)13)21-8-22-15/h1-7H,8,17H2,(H,19,20). The van der Waals surface area contributed by atoms with E-state index in [0.717, 1.165) is 16.6 Å². The zero-order chi connectivity index (χ0) is 15.3. The molecule has 2 aromatic carbocycles. The molecule has 0 spiro atoms. The van der Waals surface area contributed by atoms with Crippen LogP contribution in [0.15, 0.2) is 42.6 Å². The molecule has 6 nitrogen and oxygen atoms in total. The van der Waals surface area contributed by atoms with Crippen molar-refractivity contribution in [1.82, 2.24) is 4.57 Å². The lowest BCUT2D eigenvalue weighted by Crippen LogP contribution is -1.97. The molecule has 0 amide bonds. The Kier molecular flexibility index (Phi) is 2.53. The maximum Gasteiger partial charge on any atom is 0.335 e. The molecule has 3 N–H and O–H groups in total. The molecular formula is C16H12N2O4. The fraction of sp³-hybridized carbons (Fsp3) is 0.0625. The number of aromatic carboxylic acids is 1. The van der Waals surface area contributed by atoms with Gasteiger partial charge in [-0.1, -0.05) is 0 Å². The van der Waals surface area contributed by atoms with E-state index in [9.17, 15) is 4.79 Å². The van der Waals surface area contributed by atoms with E-state index < -0.39 is 5.97 Å². The van der Waals surface area contributed by atoms with Crippen LogP contribution in [0.25, 0.3) is 16.6 Å². The minimum Gasteiger partial charge on any atom is -0.478 e. The van der Waals surface area contributed by atoms with Crippen molar-refractivity contribution in [3.8, 4) is 17.2 Å². The number of rotatable bonds is 2. The number of aromatic nitrogens is 1. The molecule has 1 aromatic heterocycles. The molecule has 1 aliphatic heterocycles. The quantitative estimate of drug-likeness (QED) is 0.759. The van der Waals surface area contributed by atoms with Crippen LogP contribution < -0.4 is 15.2 Å². The van der Waals surface area contributed by atoms with Crippen LogP contribution in [-0.2, 0) is 0 Å². The number of ether oxygens (including phenoxy) is 2. The molecule has 1 aliphatic rings. The highest BCUT2D eigenvalue weighted by Gasteiger charge is 2.18. The van der Waals surface area contributed by atoms with Gasteiger partial charge in [0.1, 0.15) is 0 Å². The molecular weight excluding hydrogens is 284 g/mol. The Morgan fingerprint density at radius 3 is 2.50 bits per heavy atom. The summed E-state index contributed by atoms with van der Waals surface area (Å²) in [5.41, 5.74) is 8.64. The summed E-state index contributed by atoms with van der Waals surface area (Å²) in [5.74, 6) is 0.402. The molecule has 0 aliphatic carbocycles. The molecule has 0 fully saturated rings. The number of nitrogens with zero attached hydrogens (tertiary/aromatic N) is 1. The van der Waals surface area contributed by atoms with Gasteiger partial charge >= 0.3 is 5.97 Å². The Hall–Kier alpha value is -3.15. The Morgan fingerprint density at radius 2 is 1.82 bits per heavy atom. The maximum absolute atomic E-state index is 10.9. The zero-order valence-corrected chi connectivity index (χ0v) is 11.4. The van der Waals surface area contributed by atoms with E-state index in [0.29, 0.717) is 17.2 Å². The second kappa shape index (κ2) is 4.42. The summed E-state index contributed by atoms with van der Waals surface area (Å²) in [7, 11) is 0. The molecule has 6 heteroatoms. The van der Waals surface area contributed by atoms with Crippen LogP contribution in [0.5, 0.6) is 11.5 Å². The SMILES string of the molecule is Nc1cn(-c2ccc(C(=O)O)cc2)c2cc3c(cc12)OCO3. The molecule has 0 atom stereocenters. The summed E-state index contributed by atoms with van der Waals surface area (Å²) < 4.78 is 12.7. The third kappa shape index (κ3) is 1.77. The van der Waals surface area contributed by atoms with Crippen molar-refractivity contribution >= 4 is 22.6 Å². The molecule has 0 saturated heterocycles. The van der Waals surface area contributed by atoms with Gasteiger partial charge in [0, 0.05) is 23.3 Å². The highest BCUT2D eigenvalue weighted by atomic mass is 16.7. The first-order valence-corrected chi connectivity index (χ1v) is 6.67. The van der Waals surface area contributed by atoms with Gasteiger partial charge in [0.15, 0.2) is 11.5 Å². The topological polar surface area (TPSA) is 86.7 Å². The number of nitrogen functional groups attached to an aromatic ring is 1. The summed E-state index contributed by atoms with van der Waals surface area (Å²) in [5, 5.41) is 9.84. The van der Waals surface area contributed by atoms with Gasteiger partial charge in [0.05, 0.1) is 16.8 Å². The van der Waals surface area contributed by atoms with Gasteiger partial charge in [-0.25, -0.2) is 4.79 Å². The van der Waals surface area contributed by atoms with Gasteiger partial charge < -0.3 is 24.9 Å². The van der Waals surface area contributed by atoms with Crippen LogP contribution in [0.4, 0.5) is 5.69 Å². The normalized spacial score (nSPS) is 12.7. The van der Waals surface area contributed by atoms with Crippen molar-refractivity contribution in [3.63, 3.8) is 0 Å². The second-order valence-electron chi connectivity index (χ2n) is 5.03.